The van der Waals surface area contributed by atoms with Crippen molar-refractivity contribution in [1.29, 1.82) is 0 Å². The largest absolute Gasteiger partial charge is 0.465 e. The van der Waals surface area contributed by atoms with Crippen LogP contribution >= 0.6 is 0 Å². The highest BCUT2D eigenvalue weighted by Gasteiger charge is 2.16. The third kappa shape index (κ3) is 3.96. The fourth-order valence-corrected chi connectivity index (χ4v) is 1.41. The van der Waals surface area contributed by atoms with Crippen molar-refractivity contribution in [3.05, 3.63) is 18.1 Å². The van der Waals surface area contributed by atoms with E-state index in [1.54, 1.807) is 0 Å². The number of anilines is 1. The lowest BCUT2D eigenvalue weighted by atomic mass is 10.3. The summed E-state index contributed by atoms with van der Waals surface area (Å²) in [6.45, 7) is 5.16. The number of methoxy groups -OCH3 is 1. The summed E-state index contributed by atoms with van der Waals surface area (Å²) < 4.78 is 10.2. The molecule has 0 amide bonds. The molecule has 0 radical (unpaired) electrons. The maximum absolute atomic E-state index is 11.6. The van der Waals surface area contributed by atoms with Gasteiger partial charge in [-0.05, 0) is 13.8 Å². The maximum atomic E-state index is 11.6. The number of aromatic nitrogens is 2. The van der Waals surface area contributed by atoms with Gasteiger partial charge >= 0.3 is 5.97 Å². The van der Waals surface area contributed by atoms with Crippen molar-refractivity contribution >= 4 is 11.8 Å². The van der Waals surface area contributed by atoms with Gasteiger partial charge in [0, 0.05) is 19.8 Å². The fraction of sp³-hybridized carbons (Fsp3) is 0.583. The van der Waals surface area contributed by atoms with Gasteiger partial charge in [0.1, 0.15) is 17.7 Å². The Morgan fingerprint density at radius 1 is 1.50 bits per heavy atom. The van der Waals surface area contributed by atoms with E-state index in [0.717, 1.165) is 0 Å². The molecule has 0 saturated heterocycles. The molecular weight excluding hydrogens is 234 g/mol. The van der Waals surface area contributed by atoms with Crippen molar-refractivity contribution in [1.82, 2.24) is 9.97 Å². The lowest BCUT2D eigenvalue weighted by Gasteiger charge is -2.20. The molecule has 6 nitrogen and oxygen atoms in total. The van der Waals surface area contributed by atoms with Crippen molar-refractivity contribution in [3.8, 4) is 0 Å². The van der Waals surface area contributed by atoms with Gasteiger partial charge in [-0.2, -0.15) is 0 Å². The van der Waals surface area contributed by atoms with Crippen LogP contribution in [0.2, 0.25) is 0 Å². The van der Waals surface area contributed by atoms with E-state index >= 15 is 0 Å². The molecule has 18 heavy (non-hydrogen) atoms. The molecule has 0 aliphatic heterocycles. The molecule has 1 heterocycles. The van der Waals surface area contributed by atoms with Gasteiger partial charge in [0.25, 0.3) is 0 Å². The van der Waals surface area contributed by atoms with Crippen LogP contribution in [0.1, 0.15) is 24.2 Å². The first-order chi connectivity index (χ1) is 8.56. The average molecular weight is 253 g/mol. The van der Waals surface area contributed by atoms with Gasteiger partial charge in [0.15, 0.2) is 0 Å². The topological polar surface area (TPSA) is 64.5 Å². The van der Waals surface area contributed by atoms with E-state index in [1.165, 1.54) is 19.6 Å². The number of esters is 1. The standard InChI is InChI=1S/C12H19N3O3/c1-9(2)18-6-5-15(3)11-10(12(16)17-4)7-13-8-14-11/h7-9H,5-6H2,1-4H3. The zero-order chi connectivity index (χ0) is 13.5. The number of ether oxygens (including phenoxy) is 2. The van der Waals surface area contributed by atoms with Crippen LogP contribution in [0.3, 0.4) is 0 Å². The van der Waals surface area contributed by atoms with E-state index in [0.29, 0.717) is 24.5 Å². The molecule has 0 aliphatic rings. The summed E-state index contributed by atoms with van der Waals surface area (Å²) in [4.78, 5) is 21.3. The van der Waals surface area contributed by atoms with Crippen molar-refractivity contribution in [2.45, 2.75) is 20.0 Å². The van der Waals surface area contributed by atoms with Gasteiger partial charge in [-0.25, -0.2) is 14.8 Å². The summed E-state index contributed by atoms with van der Waals surface area (Å²) in [5, 5.41) is 0. The van der Waals surface area contributed by atoms with E-state index < -0.39 is 5.97 Å². The molecule has 0 N–H and O–H groups in total. The summed E-state index contributed by atoms with van der Waals surface area (Å²) in [5.41, 5.74) is 0.354. The van der Waals surface area contributed by atoms with Crippen LogP contribution < -0.4 is 4.90 Å². The van der Waals surface area contributed by atoms with Gasteiger partial charge in [0.2, 0.25) is 0 Å². The molecule has 0 fully saturated rings. The lowest BCUT2D eigenvalue weighted by Crippen LogP contribution is -2.26. The number of rotatable bonds is 6. The highest BCUT2D eigenvalue weighted by molar-refractivity contribution is 5.94. The van der Waals surface area contributed by atoms with Gasteiger partial charge < -0.3 is 14.4 Å². The fourth-order valence-electron chi connectivity index (χ4n) is 1.41. The number of carbonyl (C=O) groups is 1. The monoisotopic (exact) mass is 253 g/mol. The first-order valence-corrected chi connectivity index (χ1v) is 5.77. The number of likely N-dealkylation sites (N-methyl/N-ethyl adjacent to an activating group) is 1. The summed E-state index contributed by atoms with van der Waals surface area (Å²) in [5.74, 6) is 0.103. The maximum Gasteiger partial charge on any atom is 0.343 e. The number of hydrogen-bond acceptors (Lipinski definition) is 6. The molecule has 0 aromatic carbocycles. The summed E-state index contributed by atoms with van der Waals surface area (Å²) in [6.07, 6.45) is 3.04. The van der Waals surface area contributed by atoms with Crippen LogP contribution in [0, 0.1) is 0 Å². The molecule has 1 aromatic heterocycles. The molecule has 0 aliphatic carbocycles. The molecule has 0 unspecified atom stereocenters. The Hall–Kier alpha value is -1.69. The van der Waals surface area contributed by atoms with Crippen molar-refractivity contribution in [3.63, 3.8) is 0 Å². The summed E-state index contributed by atoms with van der Waals surface area (Å²) in [7, 11) is 3.18. The molecule has 0 atom stereocenters. The Balaban J connectivity index is 2.72. The van der Waals surface area contributed by atoms with Crippen LogP contribution in [-0.4, -0.2) is 49.4 Å². The third-order valence-corrected chi connectivity index (χ3v) is 2.34. The van der Waals surface area contributed by atoms with Gasteiger partial charge in [-0.15, -0.1) is 0 Å². The predicted molar refractivity (Wildman–Crippen MR) is 67.7 cm³/mol. The summed E-state index contributed by atoms with van der Waals surface area (Å²) in [6, 6.07) is 0. The van der Waals surface area contributed by atoms with E-state index in [2.05, 4.69) is 9.97 Å². The minimum atomic E-state index is -0.442. The van der Waals surface area contributed by atoms with Crippen molar-refractivity contribution in [2.75, 3.05) is 32.2 Å². The second-order valence-electron chi connectivity index (χ2n) is 4.09. The normalized spacial score (nSPS) is 10.5. The van der Waals surface area contributed by atoms with Crippen LogP contribution in [0.15, 0.2) is 12.5 Å². The first-order valence-electron chi connectivity index (χ1n) is 5.77. The third-order valence-electron chi connectivity index (χ3n) is 2.34. The molecule has 1 rings (SSSR count). The smallest absolute Gasteiger partial charge is 0.343 e. The molecule has 100 valence electrons. The SMILES string of the molecule is COC(=O)c1cncnc1N(C)CCOC(C)C. The minimum Gasteiger partial charge on any atom is -0.465 e. The van der Waals surface area contributed by atoms with Gasteiger partial charge in [-0.1, -0.05) is 0 Å². The zero-order valence-electron chi connectivity index (χ0n) is 11.2. The number of hydrogen-bond donors (Lipinski definition) is 0. The lowest BCUT2D eigenvalue weighted by molar-refractivity contribution is 0.0599. The Labute approximate surface area is 107 Å². The quantitative estimate of drug-likeness (QED) is 0.708. The second kappa shape index (κ2) is 6.90. The Morgan fingerprint density at radius 2 is 2.22 bits per heavy atom. The average Bonchev–Trinajstić information content (AvgIpc) is 2.37. The van der Waals surface area contributed by atoms with Gasteiger partial charge in [-0.3, -0.25) is 0 Å². The van der Waals surface area contributed by atoms with Crippen LogP contribution in [0.5, 0.6) is 0 Å². The molecule has 0 saturated carbocycles. The minimum absolute atomic E-state index is 0.184. The highest BCUT2D eigenvalue weighted by atomic mass is 16.5. The van der Waals surface area contributed by atoms with Gasteiger partial charge in [0.05, 0.1) is 19.8 Å². The Kier molecular flexibility index (Phi) is 5.51. The number of carbonyl (C=O) groups excluding carboxylic acids is 1. The van der Waals surface area contributed by atoms with E-state index in [9.17, 15) is 4.79 Å². The van der Waals surface area contributed by atoms with Crippen molar-refractivity contribution < 1.29 is 14.3 Å². The van der Waals surface area contributed by atoms with Crippen LogP contribution in [-0.2, 0) is 9.47 Å². The molecule has 0 bridgehead atoms. The van der Waals surface area contributed by atoms with Crippen LogP contribution in [0.25, 0.3) is 0 Å². The van der Waals surface area contributed by atoms with Crippen molar-refractivity contribution in [2.24, 2.45) is 0 Å². The first kappa shape index (κ1) is 14.4. The second-order valence-corrected chi connectivity index (χ2v) is 4.09. The highest BCUT2D eigenvalue weighted by Crippen LogP contribution is 2.15. The zero-order valence-corrected chi connectivity index (χ0v) is 11.2. The molecule has 6 heteroatoms. The van der Waals surface area contributed by atoms with E-state index in [1.807, 2.05) is 25.8 Å². The molecule has 0 spiro atoms. The Morgan fingerprint density at radius 3 is 2.83 bits per heavy atom. The van der Waals surface area contributed by atoms with E-state index in [-0.39, 0.29) is 6.10 Å². The van der Waals surface area contributed by atoms with E-state index in [4.69, 9.17) is 9.47 Å². The molecule has 1 aromatic rings. The predicted octanol–water partition coefficient (Wildman–Crippen LogP) is 1.12. The Bertz CT molecular complexity index is 396. The van der Waals surface area contributed by atoms with Crippen LogP contribution in [0.4, 0.5) is 5.82 Å². The number of nitrogens with zero attached hydrogens (tertiary/aromatic N) is 3. The summed E-state index contributed by atoms with van der Waals surface area (Å²) >= 11 is 0. The molecular formula is C12H19N3O3.